The number of thiophene rings is 1. The zero-order chi connectivity index (χ0) is 11.5. The number of pyridine rings is 1. The number of aromatic nitrogens is 1. The van der Waals surface area contributed by atoms with Gasteiger partial charge in [-0.2, -0.15) is 11.3 Å². The maximum absolute atomic E-state index is 5.86. The Kier molecular flexibility index (Phi) is 3.31. The summed E-state index contributed by atoms with van der Waals surface area (Å²) >= 11 is 7.55. The molecule has 5 heteroatoms. The summed E-state index contributed by atoms with van der Waals surface area (Å²) in [6, 6.07) is 5.55. The van der Waals surface area contributed by atoms with Gasteiger partial charge in [-0.25, -0.2) is 4.98 Å². The van der Waals surface area contributed by atoms with E-state index in [2.05, 4.69) is 21.8 Å². The van der Waals surface area contributed by atoms with E-state index >= 15 is 0 Å². The van der Waals surface area contributed by atoms with Crippen LogP contribution in [-0.4, -0.2) is 12.0 Å². The van der Waals surface area contributed by atoms with Crippen molar-refractivity contribution in [2.24, 2.45) is 0 Å². The molecule has 2 aromatic rings. The smallest absolute Gasteiger partial charge is 0.133 e. The summed E-state index contributed by atoms with van der Waals surface area (Å²) in [7, 11) is 1.97. The lowest BCUT2D eigenvalue weighted by Gasteiger charge is -2.17. The summed E-state index contributed by atoms with van der Waals surface area (Å²) in [6.07, 6.45) is 0. The molecule has 0 unspecified atom stereocenters. The summed E-state index contributed by atoms with van der Waals surface area (Å²) in [6.45, 7) is 0.802. The molecule has 2 N–H and O–H groups in total. The lowest BCUT2D eigenvalue weighted by molar-refractivity contribution is 0.902. The van der Waals surface area contributed by atoms with Gasteiger partial charge < -0.3 is 10.6 Å². The highest BCUT2D eigenvalue weighted by Gasteiger charge is 2.06. The van der Waals surface area contributed by atoms with Gasteiger partial charge in [-0.3, -0.25) is 0 Å². The topological polar surface area (TPSA) is 42.1 Å². The van der Waals surface area contributed by atoms with E-state index in [9.17, 15) is 0 Å². The molecule has 0 aromatic carbocycles. The molecule has 0 radical (unpaired) electrons. The fraction of sp³-hybridized carbons (Fsp3) is 0.182. The SMILES string of the molecule is CN(Cc1ccsc1)c1cc(N)cc(Cl)n1. The van der Waals surface area contributed by atoms with Gasteiger partial charge in [0, 0.05) is 25.3 Å². The lowest BCUT2D eigenvalue weighted by Crippen LogP contribution is -2.17. The van der Waals surface area contributed by atoms with Gasteiger partial charge in [-0.05, 0) is 28.5 Å². The third-order valence-corrected chi connectivity index (χ3v) is 3.12. The zero-order valence-electron chi connectivity index (χ0n) is 8.85. The molecule has 2 aromatic heterocycles. The monoisotopic (exact) mass is 253 g/mol. The number of nitrogen functional groups attached to an aromatic ring is 1. The predicted molar refractivity (Wildman–Crippen MR) is 70.1 cm³/mol. The van der Waals surface area contributed by atoms with Crippen molar-refractivity contribution in [2.45, 2.75) is 6.54 Å². The molecule has 0 aliphatic carbocycles. The van der Waals surface area contributed by atoms with Crippen molar-refractivity contribution >= 4 is 34.4 Å². The summed E-state index contributed by atoms with van der Waals surface area (Å²) in [4.78, 5) is 6.25. The fourth-order valence-electron chi connectivity index (χ4n) is 1.44. The van der Waals surface area contributed by atoms with Crippen molar-refractivity contribution in [1.29, 1.82) is 0 Å². The average Bonchev–Trinajstić information content (AvgIpc) is 2.68. The first kappa shape index (κ1) is 11.2. The normalized spacial score (nSPS) is 10.4. The van der Waals surface area contributed by atoms with E-state index in [4.69, 9.17) is 17.3 Å². The van der Waals surface area contributed by atoms with Gasteiger partial charge in [0.05, 0.1) is 0 Å². The van der Waals surface area contributed by atoms with Gasteiger partial charge in [-0.1, -0.05) is 11.6 Å². The summed E-state index contributed by atoms with van der Waals surface area (Å²) in [5.41, 5.74) is 7.61. The van der Waals surface area contributed by atoms with E-state index in [0.717, 1.165) is 12.4 Å². The van der Waals surface area contributed by atoms with Crippen LogP contribution in [0.1, 0.15) is 5.56 Å². The van der Waals surface area contributed by atoms with Crippen LogP contribution in [-0.2, 0) is 6.54 Å². The number of halogens is 1. The number of hydrogen-bond acceptors (Lipinski definition) is 4. The maximum atomic E-state index is 5.86. The van der Waals surface area contributed by atoms with Crippen LogP contribution in [0.2, 0.25) is 5.15 Å². The standard InChI is InChI=1S/C11H12ClN3S/c1-15(6-8-2-3-16-7-8)11-5-9(13)4-10(12)14-11/h2-5,7H,6H2,1H3,(H2,13,14). The van der Waals surface area contributed by atoms with Gasteiger partial charge in [-0.15, -0.1) is 0 Å². The molecule has 0 atom stereocenters. The Labute approximate surface area is 103 Å². The Morgan fingerprint density at radius 2 is 2.31 bits per heavy atom. The van der Waals surface area contributed by atoms with E-state index in [1.165, 1.54) is 5.56 Å². The molecule has 0 aliphatic heterocycles. The van der Waals surface area contributed by atoms with Crippen molar-refractivity contribution in [2.75, 3.05) is 17.7 Å². The van der Waals surface area contributed by atoms with E-state index in [1.54, 1.807) is 17.4 Å². The van der Waals surface area contributed by atoms with Crippen molar-refractivity contribution in [1.82, 2.24) is 4.98 Å². The molecule has 2 heterocycles. The van der Waals surface area contributed by atoms with Crippen LogP contribution in [0, 0.1) is 0 Å². The molecule has 0 saturated carbocycles. The minimum atomic E-state index is 0.423. The molecule has 0 saturated heterocycles. The highest BCUT2D eigenvalue weighted by Crippen LogP contribution is 2.20. The Bertz CT molecular complexity index is 450. The first-order valence-electron chi connectivity index (χ1n) is 4.80. The predicted octanol–water partition coefficient (Wildman–Crippen LogP) is 3.02. The zero-order valence-corrected chi connectivity index (χ0v) is 10.4. The van der Waals surface area contributed by atoms with Crippen LogP contribution >= 0.6 is 22.9 Å². The molecule has 3 nitrogen and oxygen atoms in total. The first-order chi connectivity index (χ1) is 7.65. The molecule has 0 aliphatic rings. The van der Waals surface area contributed by atoms with Gasteiger partial charge in [0.1, 0.15) is 11.0 Å². The second kappa shape index (κ2) is 4.72. The Hall–Kier alpha value is -1.26. The van der Waals surface area contributed by atoms with Crippen LogP contribution in [0.5, 0.6) is 0 Å². The lowest BCUT2D eigenvalue weighted by atomic mass is 10.3. The molecule has 2 rings (SSSR count). The van der Waals surface area contributed by atoms with E-state index in [0.29, 0.717) is 10.8 Å². The number of anilines is 2. The van der Waals surface area contributed by atoms with Crippen molar-refractivity contribution in [3.05, 3.63) is 39.7 Å². The number of nitrogens with zero attached hydrogens (tertiary/aromatic N) is 2. The largest absolute Gasteiger partial charge is 0.399 e. The molecule has 16 heavy (non-hydrogen) atoms. The summed E-state index contributed by atoms with van der Waals surface area (Å²) < 4.78 is 0. The maximum Gasteiger partial charge on any atom is 0.133 e. The van der Waals surface area contributed by atoms with Gasteiger partial charge in [0.15, 0.2) is 0 Å². The highest BCUT2D eigenvalue weighted by molar-refractivity contribution is 7.07. The van der Waals surface area contributed by atoms with E-state index in [-0.39, 0.29) is 0 Å². The number of hydrogen-bond donors (Lipinski definition) is 1. The van der Waals surface area contributed by atoms with Gasteiger partial charge in [0.2, 0.25) is 0 Å². The third-order valence-electron chi connectivity index (χ3n) is 2.19. The molecule has 0 bridgehead atoms. The molecule has 0 amide bonds. The molecule has 0 spiro atoms. The van der Waals surface area contributed by atoms with Crippen molar-refractivity contribution in [3.63, 3.8) is 0 Å². The van der Waals surface area contributed by atoms with Crippen molar-refractivity contribution < 1.29 is 0 Å². The minimum absolute atomic E-state index is 0.423. The van der Waals surface area contributed by atoms with E-state index in [1.807, 2.05) is 18.0 Å². The van der Waals surface area contributed by atoms with Gasteiger partial charge >= 0.3 is 0 Å². The van der Waals surface area contributed by atoms with Crippen LogP contribution in [0.25, 0.3) is 0 Å². The van der Waals surface area contributed by atoms with E-state index < -0.39 is 0 Å². The second-order valence-corrected chi connectivity index (χ2v) is 4.74. The fourth-order valence-corrected chi connectivity index (χ4v) is 2.31. The second-order valence-electron chi connectivity index (χ2n) is 3.57. The van der Waals surface area contributed by atoms with Crippen LogP contribution in [0.4, 0.5) is 11.5 Å². The van der Waals surface area contributed by atoms with Gasteiger partial charge in [0.25, 0.3) is 0 Å². The Morgan fingerprint density at radius 1 is 1.50 bits per heavy atom. The Balaban J connectivity index is 2.17. The third kappa shape index (κ3) is 2.65. The molecule has 84 valence electrons. The highest BCUT2D eigenvalue weighted by atomic mass is 35.5. The quantitative estimate of drug-likeness (QED) is 0.855. The summed E-state index contributed by atoms with van der Waals surface area (Å²) in [5, 5.41) is 4.60. The average molecular weight is 254 g/mol. The molecular weight excluding hydrogens is 242 g/mol. The summed E-state index contributed by atoms with van der Waals surface area (Å²) in [5.74, 6) is 0.788. The number of rotatable bonds is 3. The molecule has 0 fully saturated rings. The molecular formula is C11H12ClN3S. The number of nitrogens with two attached hydrogens (primary N) is 1. The Morgan fingerprint density at radius 3 is 2.94 bits per heavy atom. The van der Waals surface area contributed by atoms with Crippen LogP contribution < -0.4 is 10.6 Å². The van der Waals surface area contributed by atoms with Crippen LogP contribution in [0.15, 0.2) is 29.0 Å². The minimum Gasteiger partial charge on any atom is -0.399 e. The van der Waals surface area contributed by atoms with Crippen LogP contribution in [0.3, 0.4) is 0 Å². The van der Waals surface area contributed by atoms with Crippen molar-refractivity contribution in [3.8, 4) is 0 Å². The first-order valence-corrected chi connectivity index (χ1v) is 6.12.